The summed E-state index contributed by atoms with van der Waals surface area (Å²) in [5, 5.41) is 7.65. The third-order valence-electron chi connectivity index (χ3n) is 10.3. The van der Waals surface area contributed by atoms with Crippen LogP contribution in [0.15, 0.2) is 200 Å². The van der Waals surface area contributed by atoms with E-state index in [-0.39, 0.29) is 0 Å². The van der Waals surface area contributed by atoms with Gasteiger partial charge >= 0.3 is 0 Å². The molecule has 3 nitrogen and oxygen atoms in total. The maximum atomic E-state index is 5.09. The van der Waals surface area contributed by atoms with Crippen LogP contribution in [0.3, 0.4) is 0 Å². The fourth-order valence-corrected chi connectivity index (χ4v) is 7.62. The molecular weight excluding hydrogens is 655 g/mol. The molecule has 1 heterocycles. The minimum absolute atomic E-state index is 0.631. The number of hydrogen-bond acceptors (Lipinski definition) is 3. The molecule has 0 saturated carbocycles. The van der Waals surface area contributed by atoms with Gasteiger partial charge in [-0.2, -0.15) is 0 Å². The predicted molar refractivity (Wildman–Crippen MR) is 225 cm³/mol. The Labute approximate surface area is 313 Å². The van der Waals surface area contributed by atoms with Gasteiger partial charge in [-0.15, -0.1) is 0 Å². The third kappa shape index (κ3) is 5.78. The third-order valence-corrected chi connectivity index (χ3v) is 10.3. The van der Waals surface area contributed by atoms with E-state index in [4.69, 9.17) is 15.0 Å². The molecule has 54 heavy (non-hydrogen) atoms. The Morgan fingerprint density at radius 1 is 0.185 bits per heavy atom. The van der Waals surface area contributed by atoms with Gasteiger partial charge in [0.25, 0.3) is 0 Å². The molecule has 0 N–H and O–H groups in total. The molecule has 0 radical (unpaired) electrons. The van der Waals surface area contributed by atoms with Crippen LogP contribution in [0.1, 0.15) is 0 Å². The lowest BCUT2D eigenvalue weighted by Gasteiger charge is -2.14. The van der Waals surface area contributed by atoms with E-state index in [2.05, 4.69) is 140 Å². The van der Waals surface area contributed by atoms with Crippen molar-refractivity contribution in [2.75, 3.05) is 0 Å². The first-order valence-corrected chi connectivity index (χ1v) is 18.3. The largest absolute Gasteiger partial charge is 0.208 e. The van der Waals surface area contributed by atoms with E-state index in [1.165, 1.54) is 37.9 Å². The molecule has 1 aromatic heterocycles. The highest BCUT2D eigenvalue weighted by Crippen LogP contribution is 2.39. The van der Waals surface area contributed by atoms with Gasteiger partial charge in [0.2, 0.25) is 0 Å². The zero-order valence-electron chi connectivity index (χ0n) is 29.4. The number of hydrogen-bond donors (Lipinski definition) is 0. The van der Waals surface area contributed by atoms with Gasteiger partial charge in [0.1, 0.15) is 0 Å². The molecule has 0 aliphatic carbocycles. The summed E-state index contributed by atoms with van der Waals surface area (Å²) >= 11 is 0. The fourth-order valence-electron chi connectivity index (χ4n) is 7.62. The Kier molecular flexibility index (Phi) is 7.81. The van der Waals surface area contributed by atoms with Crippen LogP contribution in [-0.4, -0.2) is 15.0 Å². The van der Waals surface area contributed by atoms with Gasteiger partial charge in [-0.3, -0.25) is 0 Å². The zero-order valence-corrected chi connectivity index (χ0v) is 29.4. The molecule has 0 amide bonds. The van der Waals surface area contributed by atoms with Gasteiger partial charge in [-0.25, -0.2) is 15.0 Å². The monoisotopic (exact) mass is 687 g/mol. The molecular formula is C51H33N3. The summed E-state index contributed by atoms with van der Waals surface area (Å²) in [6, 6.07) is 70.7. The summed E-state index contributed by atoms with van der Waals surface area (Å²) in [6.45, 7) is 0. The maximum Gasteiger partial charge on any atom is 0.164 e. The summed E-state index contributed by atoms with van der Waals surface area (Å²) < 4.78 is 0. The van der Waals surface area contributed by atoms with Crippen LogP contribution in [0, 0.1) is 0 Å². The second kappa shape index (κ2) is 13.4. The number of fused-ring (bicyclic) bond motifs is 6. The molecule has 0 atom stereocenters. The van der Waals surface area contributed by atoms with Crippen molar-refractivity contribution in [2.24, 2.45) is 0 Å². The van der Waals surface area contributed by atoms with E-state index in [0.29, 0.717) is 17.5 Å². The van der Waals surface area contributed by atoms with Gasteiger partial charge in [0, 0.05) is 16.7 Å². The Bertz CT molecular complexity index is 2880. The van der Waals surface area contributed by atoms with E-state index < -0.39 is 0 Å². The minimum Gasteiger partial charge on any atom is -0.208 e. The normalized spacial score (nSPS) is 11.3. The van der Waals surface area contributed by atoms with E-state index in [9.17, 15) is 0 Å². The second-order valence-electron chi connectivity index (χ2n) is 13.6. The van der Waals surface area contributed by atoms with Crippen LogP contribution in [-0.2, 0) is 0 Å². The molecule has 10 aromatic rings. The summed E-state index contributed by atoms with van der Waals surface area (Å²) in [5.74, 6) is 1.92. The van der Waals surface area contributed by atoms with Gasteiger partial charge in [0.15, 0.2) is 17.5 Å². The lowest BCUT2D eigenvalue weighted by Crippen LogP contribution is -2.00. The average Bonchev–Trinajstić information content (AvgIpc) is 3.27. The van der Waals surface area contributed by atoms with Crippen LogP contribution in [0.2, 0.25) is 0 Å². The topological polar surface area (TPSA) is 38.7 Å². The van der Waals surface area contributed by atoms with Crippen molar-refractivity contribution in [1.29, 1.82) is 0 Å². The molecule has 0 spiro atoms. The van der Waals surface area contributed by atoms with Gasteiger partial charge in [-0.05, 0) is 96.0 Å². The number of rotatable bonds is 6. The first-order valence-electron chi connectivity index (χ1n) is 18.3. The average molecular weight is 688 g/mol. The molecule has 0 fully saturated rings. The second-order valence-corrected chi connectivity index (χ2v) is 13.6. The van der Waals surface area contributed by atoms with E-state index in [0.717, 1.165) is 44.5 Å². The summed E-state index contributed by atoms with van der Waals surface area (Å²) in [5.41, 5.74) is 9.61. The first kappa shape index (κ1) is 31.5. The smallest absolute Gasteiger partial charge is 0.164 e. The quantitative estimate of drug-likeness (QED) is 0.163. The van der Waals surface area contributed by atoms with Crippen LogP contribution in [0.5, 0.6) is 0 Å². The highest BCUT2D eigenvalue weighted by Gasteiger charge is 2.16. The van der Waals surface area contributed by atoms with Crippen molar-refractivity contribution in [1.82, 2.24) is 15.0 Å². The molecule has 0 bridgehead atoms. The van der Waals surface area contributed by atoms with Crippen LogP contribution in [0.25, 0.3) is 99.9 Å². The van der Waals surface area contributed by atoms with Crippen molar-refractivity contribution in [3.05, 3.63) is 200 Å². The van der Waals surface area contributed by atoms with Crippen molar-refractivity contribution in [2.45, 2.75) is 0 Å². The number of aromatic nitrogens is 3. The number of benzene rings is 9. The molecule has 0 unspecified atom stereocenters. The Morgan fingerprint density at radius 2 is 0.519 bits per heavy atom. The Hall–Kier alpha value is -7.23. The standard InChI is InChI=1S/C51H33N3/c1-4-15-34(16-5-1)40-30-41(32-42(31-40)51-53-49(35-17-6-2-7-18-35)52-50(54-51)36-19-8-3-9-20-36)38-22-14-21-37(29-38)39-27-28-47-45-25-11-10-23-43(45)44-24-12-13-26-46(44)48(47)33-39/h1-33H. The van der Waals surface area contributed by atoms with Crippen LogP contribution >= 0.6 is 0 Å². The van der Waals surface area contributed by atoms with Gasteiger partial charge < -0.3 is 0 Å². The van der Waals surface area contributed by atoms with E-state index in [1.807, 2.05) is 60.7 Å². The highest BCUT2D eigenvalue weighted by atomic mass is 15.0. The first-order chi connectivity index (χ1) is 26.7. The van der Waals surface area contributed by atoms with Crippen LogP contribution < -0.4 is 0 Å². The van der Waals surface area contributed by atoms with Crippen molar-refractivity contribution < 1.29 is 0 Å². The Balaban J connectivity index is 1.14. The van der Waals surface area contributed by atoms with Crippen molar-refractivity contribution >= 4 is 32.3 Å². The summed E-state index contributed by atoms with van der Waals surface area (Å²) in [6.07, 6.45) is 0. The Morgan fingerprint density at radius 3 is 1.06 bits per heavy atom. The minimum atomic E-state index is 0.631. The molecule has 3 heteroatoms. The molecule has 9 aromatic carbocycles. The lowest BCUT2D eigenvalue weighted by molar-refractivity contribution is 1.07. The molecule has 252 valence electrons. The SMILES string of the molecule is c1ccc(-c2cc(-c3cccc(-c4ccc5c6ccccc6c6ccccc6c5c4)c3)cc(-c3nc(-c4ccccc4)nc(-c4ccccc4)n3)c2)cc1. The summed E-state index contributed by atoms with van der Waals surface area (Å²) in [4.78, 5) is 15.1. The zero-order chi connectivity index (χ0) is 35.8. The summed E-state index contributed by atoms with van der Waals surface area (Å²) in [7, 11) is 0. The molecule has 10 rings (SSSR count). The van der Waals surface area contributed by atoms with Gasteiger partial charge in [-0.1, -0.05) is 170 Å². The molecule has 0 saturated heterocycles. The van der Waals surface area contributed by atoms with Crippen LogP contribution in [0.4, 0.5) is 0 Å². The van der Waals surface area contributed by atoms with Crippen molar-refractivity contribution in [3.63, 3.8) is 0 Å². The van der Waals surface area contributed by atoms with E-state index >= 15 is 0 Å². The van der Waals surface area contributed by atoms with Gasteiger partial charge in [0.05, 0.1) is 0 Å². The van der Waals surface area contributed by atoms with Crippen molar-refractivity contribution in [3.8, 4) is 67.5 Å². The van der Waals surface area contributed by atoms with E-state index in [1.54, 1.807) is 0 Å². The number of nitrogens with zero attached hydrogens (tertiary/aromatic N) is 3. The highest BCUT2D eigenvalue weighted by molar-refractivity contribution is 6.25. The molecule has 0 aliphatic rings. The lowest BCUT2D eigenvalue weighted by atomic mass is 9.91. The maximum absolute atomic E-state index is 5.09. The predicted octanol–water partition coefficient (Wildman–Crippen LogP) is 13.3. The molecule has 0 aliphatic heterocycles. The fraction of sp³-hybridized carbons (Fsp3) is 0.